The van der Waals surface area contributed by atoms with Crippen molar-refractivity contribution in [1.29, 1.82) is 0 Å². The fourth-order valence-electron chi connectivity index (χ4n) is 2.12. The molecule has 2 aromatic rings. The first-order valence-electron chi connectivity index (χ1n) is 6.03. The van der Waals surface area contributed by atoms with Crippen molar-refractivity contribution in [2.45, 2.75) is 20.8 Å². The van der Waals surface area contributed by atoms with Gasteiger partial charge in [0.2, 0.25) is 11.8 Å². The number of benzene rings is 1. The second-order valence-electron chi connectivity index (χ2n) is 4.55. The van der Waals surface area contributed by atoms with Gasteiger partial charge in [-0.15, -0.1) is 0 Å². The summed E-state index contributed by atoms with van der Waals surface area (Å²) in [6.07, 6.45) is 0. The molecule has 0 unspecified atom stereocenters. The van der Waals surface area contributed by atoms with Crippen LogP contribution in [0, 0.1) is 20.8 Å². The third-order valence-electron chi connectivity index (χ3n) is 2.86. The number of anilines is 3. The zero-order valence-corrected chi connectivity index (χ0v) is 11.6. The third-order valence-corrected chi connectivity index (χ3v) is 2.86. The molecule has 5 heteroatoms. The Labute approximate surface area is 112 Å². The predicted octanol–water partition coefficient (Wildman–Crippen LogP) is 2.74. The van der Waals surface area contributed by atoms with Crippen molar-refractivity contribution < 1.29 is 4.74 Å². The molecule has 0 atom stereocenters. The Kier molecular flexibility index (Phi) is 3.55. The van der Waals surface area contributed by atoms with Crippen LogP contribution < -0.4 is 15.8 Å². The molecule has 0 aliphatic heterocycles. The lowest BCUT2D eigenvalue weighted by atomic mass is 10.1. The Morgan fingerprint density at radius 3 is 2.26 bits per heavy atom. The van der Waals surface area contributed by atoms with E-state index in [4.69, 9.17) is 10.5 Å². The van der Waals surface area contributed by atoms with E-state index in [2.05, 4.69) is 48.2 Å². The number of aryl methyl sites for hydroxylation is 3. The summed E-state index contributed by atoms with van der Waals surface area (Å²) in [5.41, 5.74) is 10.2. The number of aromatic nitrogens is 2. The fraction of sp³-hybridized carbons (Fsp3) is 0.286. The highest BCUT2D eigenvalue weighted by Gasteiger charge is 2.07. The van der Waals surface area contributed by atoms with E-state index in [0.29, 0.717) is 11.7 Å². The van der Waals surface area contributed by atoms with Crippen molar-refractivity contribution in [2.24, 2.45) is 0 Å². The van der Waals surface area contributed by atoms with Crippen LogP contribution >= 0.6 is 0 Å². The van der Waals surface area contributed by atoms with E-state index in [-0.39, 0.29) is 5.95 Å². The smallest absolute Gasteiger partial charge is 0.225 e. The van der Waals surface area contributed by atoms with E-state index in [1.807, 2.05) is 0 Å². The topological polar surface area (TPSA) is 73.1 Å². The summed E-state index contributed by atoms with van der Waals surface area (Å²) < 4.78 is 5.08. The average Bonchev–Trinajstić information content (AvgIpc) is 2.33. The molecule has 1 aromatic heterocycles. The monoisotopic (exact) mass is 258 g/mol. The molecule has 1 aromatic carbocycles. The van der Waals surface area contributed by atoms with Gasteiger partial charge in [-0.25, -0.2) is 0 Å². The van der Waals surface area contributed by atoms with Gasteiger partial charge in [-0.3, -0.25) is 0 Å². The Bertz CT molecular complexity index is 587. The minimum Gasteiger partial charge on any atom is -0.481 e. The van der Waals surface area contributed by atoms with E-state index >= 15 is 0 Å². The molecular formula is C14H18N4O. The van der Waals surface area contributed by atoms with Crippen LogP contribution in [0.4, 0.5) is 17.5 Å². The summed E-state index contributed by atoms with van der Waals surface area (Å²) >= 11 is 0. The number of nitrogens with two attached hydrogens (primary N) is 1. The first-order valence-corrected chi connectivity index (χ1v) is 6.03. The molecule has 1 heterocycles. The van der Waals surface area contributed by atoms with Crippen LogP contribution in [0.25, 0.3) is 0 Å². The summed E-state index contributed by atoms with van der Waals surface area (Å²) in [6.45, 7) is 6.20. The number of rotatable bonds is 3. The minimum absolute atomic E-state index is 0.185. The van der Waals surface area contributed by atoms with E-state index in [1.165, 1.54) is 5.56 Å². The lowest BCUT2D eigenvalue weighted by molar-refractivity contribution is 0.398. The summed E-state index contributed by atoms with van der Waals surface area (Å²) in [5, 5.41) is 3.27. The lowest BCUT2D eigenvalue weighted by Gasteiger charge is -2.14. The normalized spacial score (nSPS) is 10.3. The van der Waals surface area contributed by atoms with Crippen molar-refractivity contribution in [1.82, 2.24) is 9.97 Å². The maximum Gasteiger partial charge on any atom is 0.225 e. The summed E-state index contributed by atoms with van der Waals surface area (Å²) in [6, 6.07) is 5.96. The molecule has 5 nitrogen and oxygen atoms in total. The number of ether oxygens (including phenoxy) is 1. The Morgan fingerprint density at radius 1 is 1.05 bits per heavy atom. The molecule has 0 aliphatic carbocycles. The van der Waals surface area contributed by atoms with Gasteiger partial charge in [0, 0.05) is 11.8 Å². The second-order valence-corrected chi connectivity index (χ2v) is 4.55. The SMILES string of the molecule is COc1cc(Nc2c(C)cc(C)cc2C)nc(N)n1. The van der Waals surface area contributed by atoms with Crippen molar-refractivity contribution in [2.75, 3.05) is 18.2 Å². The Hall–Kier alpha value is -2.30. The largest absolute Gasteiger partial charge is 0.481 e. The number of hydrogen-bond donors (Lipinski definition) is 2. The minimum atomic E-state index is 0.185. The highest BCUT2D eigenvalue weighted by molar-refractivity contribution is 5.66. The lowest BCUT2D eigenvalue weighted by Crippen LogP contribution is -2.03. The fourth-order valence-corrected chi connectivity index (χ4v) is 2.12. The number of methoxy groups -OCH3 is 1. The Balaban J connectivity index is 2.39. The van der Waals surface area contributed by atoms with Crippen LogP contribution in [0.2, 0.25) is 0 Å². The van der Waals surface area contributed by atoms with Gasteiger partial charge in [0.05, 0.1) is 7.11 Å². The van der Waals surface area contributed by atoms with Gasteiger partial charge in [-0.1, -0.05) is 17.7 Å². The standard InChI is InChI=1S/C14H18N4O/c1-8-5-9(2)13(10(3)6-8)16-11-7-12(19-4)18-14(15)17-11/h5-7H,1-4H3,(H3,15,16,17,18). The highest BCUT2D eigenvalue weighted by Crippen LogP contribution is 2.26. The van der Waals surface area contributed by atoms with E-state index in [1.54, 1.807) is 13.2 Å². The van der Waals surface area contributed by atoms with Crippen LogP contribution in [0.15, 0.2) is 18.2 Å². The molecule has 0 saturated carbocycles. The molecule has 100 valence electrons. The molecule has 0 aliphatic rings. The number of nitrogen functional groups attached to an aromatic ring is 1. The maximum absolute atomic E-state index is 5.65. The van der Waals surface area contributed by atoms with Gasteiger partial charge < -0.3 is 15.8 Å². The number of nitrogens with zero attached hydrogens (tertiary/aromatic N) is 2. The van der Waals surface area contributed by atoms with E-state index in [0.717, 1.165) is 16.8 Å². The molecule has 0 spiro atoms. The zero-order valence-electron chi connectivity index (χ0n) is 11.6. The van der Waals surface area contributed by atoms with Crippen molar-refractivity contribution in [3.8, 4) is 5.88 Å². The molecule has 0 saturated heterocycles. The third kappa shape index (κ3) is 2.93. The first-order chi connectivity index (χ1) is 8.99. The summed E-state index contributed by atoms with van der Waals surface area (Å²) in [7, 11) is 1.55. The van der Waals surface area contributed by atoms with Gasteiger partial charge in [0.1, 0.15) is 5.82 Å². The highest BCUT2D eigenvalue weighted by atomic mass is 16.5. The maximum atomic E-state index is 5.65. The van der Waals surface area contributed by atoms with Gasteiger partial charge >= 0.3 is 0 Å². The molecule has 0 fully saturated rings. The van der Waals surface area contributed by atoms with Gasteiger partial charge in [-0.05, 0) is 31.9 Å². The van der Waals surface area contributed by atoms with Crippen LogP contribution in [0.5, 0.6) is 5.88 Å². The molecule has 19 heavy (non-hydrogen) atoms. The quantitative estimate of drug-likeness (QED) is 0.885. The van der Waals surface area contributed by atoms with Crippen molar-refractivity contribution >= 4 is 17.5 Å². The van der Waals surface area contributed by atoms with Gasteiger partial charge in [-0.2, -0.15) is 9.97 Å². The van der Waals surface area contributed by atoms with Crippen LogP contribution in [-0.2, 0) is 0 Å². The molecule has 3 N–H and O–H groups in total. The van der Waals surface area contributed by atoms with Crippen molar-refractivity contribution in [3.05, 3.63) is 34.9 Å². The van der Waals surface area contributed by atoms with E-state index in [9.17, 15) is 0 Å². The van der Waals surface area contributed by atoms with Crippen LogP contribution in [0.1, 0.15) is 16.7 Å². The van der Waals surface area contributed by atoms with Gasteiger partial charge in [0.25, 0.3) is 0 Å². The van der Waals surface area contributed by atoms with Gasteiger partial charge in [0.15, 0.2) is 0 Å². The average molecular weight is 258 g/mol. The first kappa shape index (κ1) is 13.1. The summed E-state index contributed by atoms with van der Waals surface area (Å²) in [5.74, 6) is 1.25. The molecule has 0 amide bonds. The van der Waals surface area contributed by atoms with Crippen LogP contribution in [-0.4, -0.2) is 17.1 Å². The second kappa shape index (κ2) is 5.14. The molecule has 0 radical (unpaired) electrons. The number of nitrogens with one attached hydrogen (secondary N) is 1. The summed E-state index contributed by atoms with van der Waals surface area (Å²) in [4.78, 5) is 8.11. The van der Waals surface area contributed by atoms with Crippen LogP contribution in [0.3, 0.4) is 0 Å². The molecule has 0 bridgehead atoms. The number of hydrogen-bond acceptors (Lipinski definition) is 5. The predicted molar refractivity (Wildman–Crippen MR) is 76.9 cm³/mol. The zero-order chi connectivity index (χ0) is 14.0. The molecule has 2 rings (SSSR count). The van der Waals surface area contributed by atoms with Crippen molar-refractivity contribution in [3.63, 3.8) is 0 Å². The van der Waals surface area contributed by atoms with E-state index < -0.39 is 0 Å². The molecular weight excluding hydrogens is 240 g/mol. The Morgan fingerprint density at radius 2 is 1.68 bits per heavy atom.